The van der Waals surface area contributed by atoms with Crippen LogP contribution in [0.4, 0.5) is 0 Å². The fourth-order valence-electron chi connectivity index (χ4n) is 6.91. The van der Waals surface area contributed by atoms with E-state index >= 15 is 0 Å². The van der Waals surface area contributed by atoms with Crippen LogP contribution in [0.1, 0.15) is 65.5 Å². The Morgan fingerprint density at radius 2 is 1.19 bits per heavy atom. The molecular formula is C30H58N2P2Si2. The van der Waals surface area contributed by atoms with Gasteiger partial charge in [0.25, 0.3) is 0 Å². The average molecular weight is 565 g/mol. The molecule has 2 nitrogen and oxygen atoms in total. The van der Waals surface area contributed by atoms with Crippen molar-refractivity contribution in [1.29, 1.82) is 0 Å². The second kappa shape index (κ2) is 10.8. The predicted octanol–water partition coefficient (Wildman–Crippen LogP) is 6.65. The van der Waals surface area contributed by atoms with Crippen LogP contribution in [0.5, 0.6) is 0 Å². The zero-order valence-corrected chi connectivity index (χ0v) is 29.8. The predicted molar refractivity (Wildman–Crippen MR) is 176 cm³/mol. The first-order valence-electron chi connectivity index (χ1n) is 14.4. The second-order valence-electron chi connectivity index (χ2n) is 15.8. The molecule has 0 spiro atoms. The Kier molecular flexibility index (Phi) is 9.27. The molecule has 0 aromatic heterocycles. The molecule has 206 valence electrons. The lowest BCUT2D eigenvalue weighted by molar-refractivity contribution is 0.139. The maximum absolute atomic E-state index is 3.72. The summed E-state index contributed by atoms with van der Waals surface area (Å²) in [5, 5.41) is 10.9. The van der Waals surface area contributed by atoms with Gasteiger partial charge < -0.3 is 10.6 Å². The largest absolute Gasteiger partial charge is 0.316 e. The van der Waals surface area contributed by atoms with E-state index in [0.29, 0.717) is 0 Å². The minimum Gasteiger partial charge on any atom is -0.316 e. The van der Waals surface area contributed by atoms with E-state index in [1.165, 1.54) is 45.2 Å². The first kappa shape index (κ1) is 31.0. The molecule has 6 heteroatoms. The zero-order valence-electron chi connectivity index (χ0n) is 25.8. The van der Waals surface area contributed by atoms with Crippen molar-refractivity contribution in [3.63, 3.8) is 0 Å². The van der Waals surface area contributed by atoms with E-state index in [2.05, 4.69) is 113 Å². The lowest BCUT2D eigenvalue weighted by atomic mass is 9.62. The lowest BCUT2D eigenvalue weighted by Gasteiger charge is -2.53. The number of hydrogen-bond acceptors (Lipinski definition) is 2. The quantitative estimate of drug-likeness (QED) is 0.286. The van der Waals surface area contributed by atoms with E-state index in [0.717, 1.165) is 11.3 Å². The number of hydrogen-bond donors (Lipinski definition) is 2. The molecule has 2 aliphatic heterocycles. The summed E-state index contributed by atoms with van der Waals surface area (Å²) in [7, 11) is 0.374. The van der Waals surface area contributed by atoms with Crippen LogP contribution in [0.15, 0.2) is 12.1 Å². The summed E-state index contributed by atoms with van der Waals surface area (Å²) < 4.78 is 0. The summed E-state index contributed by atoms with van der Waals surface area (Å²) in [6.07, 6.45) is 4.04. The fourth-order valence-corrected chi connectivity index (χ4v) is 15.8. The third-order valence-corrected chi connectivity index (χ3v) is 18.8. The summed E-state index contributed by atoms with van der Waals surface area (Å²) in [5.74, 6) is 0. The van der Waals surface area contributed by atoms with Crippen molar-refractivity contribution in [2.24, 2.45) is 10.8 Å². The third kappa shape index (κ3) is 6.26. The highest BCUT2D eigenvalue weighted by Gasteiger charge is 2.50. The molecule has 0 saturated carbocycles. The molecule has 0 bridgehead atoms. The summed E-state index contributed by atoms with van der Waals surface area (Å²) >= 11 is 0. The van der Waals surface area contributed by atoms with E-state index in [1.807, 2.05) is 0 Å². The Labute approximate surface area is 230 Å². The molecule has 0 amide bonds. The third-order valence-electron chi connectivity index (χ3n) is 9.01. The topological polar surface area (TPSA) is 24.1 Å². The van der Waals surface area contributed by atoms with Gasteiger partial charge in [-0.3, -0.25) is 0 Å². The highest BCUT2D eigenvalue weighted by atomic mass is 31.1. The maximum Gasteiger partial charge on any atom is 0.0774 e. The first-order chi connectivity index (χ1) is 16.3. The van der Waals surface area contributed by atoms with Crippen molar-refractivity contribution < 1.29 is 0 Å². The molecule has 2 N–H and O–H groups in total. The van der Waals surface area contributed by atoms with Gasteiger partial charge in [-0.05, 0) is 65.4 Å². The van der Waals surface area contributed by atoms with Crippen molar-refractivity contribution in [3.05, 3.63) is 23.3 Å². The normalized spacial score (nSPS) is 23.4. The van der Waals surface area contributed by atoms with Crippen LogP contribution in [0, 0.1) is 10.8 Å². The Morgan fingerprint density at radius 1 is 0.778 bits per heavy atom. The summed E-state index contributed by atoms with van der Waals surface area (Å²) in [5.41, 5.74) is 5.35. The van der Waals surface area contributed by atoms with Crippen molar-refractivity contribution in [2.45, 2.75) is 116 Å². The van der Waals surface area contributed by atoms with Gasteiger partial charge in [0.05, 0.1) is 16.1 Å². The molecule has 0 radical (unpaired) electrons. The van der Waals surface area contributed by atoms with Crippen LogP contribution < -0.4 is 21.0 Å². The number of benzene rings is 1. The van der Waals surface area contributed by atoms with E-state index in [-0.39, 0.29) is 23.9 Å². The van der Waals surface area contributed by atoms with Crippen molar-refractivity contribution in [2.75, 3.05) is 26.2 Å². The molecule has 3 atom stereocenters. The van der Waals surface area contributed by atoms with Crippen LogP contribution in [-0.2, 0) is 11.3 Å². The van der Waals surface area contributed by atoms with E-state index in [9.17, 15) is 0 Å². The van der Waals surface area contributed by atoms with Crippen molar-refractivity contribution in [3.8, 4) is 0 Å². The summed E-state index contributed by atoms with van der Waals surface area (Å²) in [4.78, 5) is 0. The molecule has 36 heavy (non-hydrogen) atoms. The molecule has 3 unspecified atom stereocenters. The van der Waals surface area contributed by atoms with Crippen LogP contribution in [0.2, 0.25) is 39.3 Å². The molecule has 2 aliphatic rings. The van der Waals surface area contributed by atoms with Gasteiger partial charge in [-0.1, -0.05) is 111 Å². The van der Waals surface area contributed by atoms with Gasteiger partial charge in [-0.2, -0.15) is 0 Å². The monoisotopic (exact) mass is 564 g/mol. The van der Waals surface area contributed by atoms with Crippen LogP contribution >= 0.6 is 17.2 Å². The fraction of sp³-hybridized carbons (Fsp3) is 0.800. The van der Waals surface area contributed by atoms with Gasteiger partial charge in [0, 0.05) is 18.2 Å². The van der Waals surface area contributed by atoms with Crippen LogP contribution in [0.3, 0.4) is 0 Å². The molecule has 1 aromatic carbocycles. The van der Waals surface area contributed by atoms with Gasteiger partial charge in [0.15, 0.2) is 0 Å². The van der Waals surface area contributed by atoms with E-state index < -0.39 is 16.1 Å². The summed E-state index contributed by atoms with van der Waals surface area (Å²) in [6, 6.07) is 5.55. The highest BCUT2D eigenvalue weighted by Crippen LogP contribution is 2.60. The van der Waals surface area contributed by atoms with Crippen molar-refractivity contribution in [1.82, 2.24) is 10.6 Å². The SMILES string of the molecule is CC(C)(C)C(P)(c1cc([Si](C)(C)C)c([Si](C)(C)C)cc1CP(C1CCNC1)C1CCNC1)C(C)(C)C. The number of nitrogens with one attached hydrogen (secondary N) is 2. The smallest absolute Gasteiger partial charge is 0.0774 e. The van der Waals surface area contributed by atoms with Gasteiger partial charge in [0.1, 0.15) is 0 Å². The van der Waals surface area contributed by atoms with Gasteiger partial charge in [-0.25, -0.2) is 0 Å². The average Bonchev–Trinajstić information content (AvgIpc) is 3.42. The molecule has 0 aliphatic carbocycles. The zero-order chi connectivity index (χ0) is 27.3. The number of rotatable bonds is 7. The molecule has 1 aromatic rings. The minimum absolute atomic E-state index is 0.00452. The maximum atomic E-state index is 3.72. The van der Waals surface area contributed by atoms with Gasteiger partial charge >= 0.3 is 0 Å². The van der Waals surface area contributed by atoms with Crippen LogP contribution in [0.25, 0.3) is 0 Å². The van der Waals surface area contributed by atoms with Crippen molar-refractivity contribution >= 4 is 43.7 Å². The minimum atomic E-state index is -1.52. The molecule has 3 rings (SSSR count). The standard InChI is InChI=1S/C30H58N2P2Si2/c1-28(2,3)30(33,29(4,5)6)25-18-27(36(10,11)12)26(35(7,8)9)17-22(25)21-34(23-13-15-31-19-23)24-14-16-32-20-24/h17-18,23-24,31-32H,13-16,19-21,33H2,1-12H3. The van der Waals surface area contributed by atoms with E-state index in [4.69, 9.17) is 0 Å². The highest BCUT2D eigenvalue weighted by molar-refractivity contribution is 7.58. The first-order valence-corrected chi connectivity index (χ1v) is 23.7. The van der Waals surface area contributed by atoms with Crippen LogP contribution in [-0.4, -0.2) is 53.6 Å². The Hall–Kier alpha value is 0.434. The summed E-state index contributed by atoms with van der Waals surface area (Å²) in [6.45, 7) is 35.1. The Morgan fingerprint density at radius 3 is 1.53 bits per heavy atom. The van der Waals surface area contributed by atoms with Gasteiger partial charge in [-0.15, -0.1) is 9.24 Å². The Bertz CT molecular complexity index is 877. The van der Waals surface area contributed by atoms with Gasteiger partial charge in [0.2, 0.25) is 0 Å². The molecule has 2 heterocycles. The lowest BCUT2D eigenvalue weighted by Crippen LogP contribution is -2.57. The molecule has 2 saturated heterocycles. The molecule has 2 fully saturated rings. The second-order valence-corrected chi connectivity index (χ2v) is 29.6. The Balaban J connectivity index is 2.32. The van der Waals surface area contributed by atoms with E-state index in [1.54, 1.807) is 21.5 Å². The molecular weight excluding hydrogens is 506 g/mol.